The van der Waals surface area contributed by atoms with E-state index >= 15 is 0 Å². The zero-order valence-corrected chi connectivity index (χ0v) is 18.4. The number of pyridine rings is 1. The summed E-state index contributed by atoms with van der Waals surface area (Å²) in [5.41, 5.74) is 3.03. The van der Waals surface area contributed by atoms with Crippen molar-refractivity contribution < 1.29 is 23.7 Å². The minimum Gasteiger partial charge on any atom is -0.491 e. The van der Waals surface area contributed by atoms with Crippen molar-refractivity contribution in [2.75, 3.05) is 20.3 Å². The molecule has 0 bridgehead atoms. The molecule has 4 rings (SSSR count). The first-order valence-corrected chi connectivity index (χ1v) is 10.9. The van der Waals surface area contributed by atoms with Crippen molar-refractivity contribution in [3.8, 4) is 17.1 Å². The Morgan fingerprint density at radius 1 is 1.26 bits per heavy atom. The van der Waals surface area contributed by atoms with E-state index in [9.17, 15) is 4.79 Å². The number of hydrogen-bond donors (Lipinski definition) is 0. The van der Waals surface area contributed by atoms with E-state index in [1.807, 2.05) is 26.1 Å². The van der Waals surface area contributed by atoms with Crippen LogP contribution >= 0.6 is 0 Å². The highest BCUT2D eigenvalue weighted by Gasteiger charge is 2.37. The number of esters is 1. The van der Waals surface area contributed by atoms with E-state index in [4.69, 9.17) is 18.9 Å². The minimum absolute atomic E-state index is 0.0622. The molecule has 2 aliphatic rings. The first kappa shape index (κ1) is 21.7. The number of nitrogens with zero attached hydrogens (tertiary/aromatic N) is 4. The summed E-state index contributed by atoms with van der Waals surface area (Å²) in [4.78, 5) is 16.4. The molecule has 9 heteroatoms. The predicted octanol–water partition coefficient (Wildman–Crippen LogP) is 2.81. The molecule has 31 heavy (non-hydrogen) atoms. The van der Waals surface area contributed by atoms with E-state index in [0.717, 1.165) is 55.8 Å². The second kappa shape index (κ2) is 9.74. The molecule has 168 valence electrons. The third-order valence-corrected chi connectivity index (χ3v) is 6.14. The van der Waals surface area contributed by atoms with E-state index in [1.54, 1.807) is 4.68 Å². The summed E-state index contributed by atoms with van der Waals surface area (Å²) in [5, 5.41) is 8.44. The van der Waals surface area contributed by atoms with Crippen LogP contribution in [0, 0.1) is 18.8 Å². The van der Waals surface area contributed by atoms with E-state index in [0.29, 0.717) is 24.7 Å². The van der Waals surface area contributed by atoms with Crippen molar-refractivity contribution in [1.82, 2.24) is 20.0 Å². The number of methoxy groups -OCH3 is 1. The number of carbonyl (C=O) groups excluding carboxylic acids is 1. The van der Waals surface area contributed by atoms with Crippen molar-refractivity contribution in [3.63, 3.8) is 0 Å². The van der Waals surface area contributed by atoms with Gasteiger partial charge in [-0.2, -0.15) is 0 Å². The maximum Gasteiger partial charge on any atom is 0.309 e. The van der Waals surface area contributed by atoms with Crippen LogP contribution in [0.5, 0.6) is 5.75 Å². The summed E-state index contributed by atoms with van der Waals surface area (Å²) in [7, 11) is 3.27. The van der Waals surface area contributed by atoms with Crippen LogP contribution in [0.25, 0.3) is 11.4 Å². The van der Waals surface area contributed by atoms with Gasteiger partial charge in [-0.05, 0) is 51.2 Å². The van der Waals surface area contributed by atoms with Crippen molar-refractivity contribution in [2.24, 2.45) is 18.9 Å². The number of aryl methyl sites for hydroxylation is 2. The molecule has 2 fully saturated rings. The van der Waals surface area contributed by atoms with Gasteiger partial charge in [0, 0.05) is 19.6 Å². The molecule has 1 saturated heterocycles. The molecule has 0 radical (unpaired) electrons. The van der Waals surface area contributed by atoms with Gasteiger partial charge in [-0.1, -0.05) is 5.21 Å². The lowest BCUT2D eigenvalue weighted by molar-refractivity contribution is -0.169. The van der Waals surface area contributed by atoms with Crippen LogP contribution < -0.4 is 4.74 Å². The number of carbonyl (C=O) groups is 1. The first-order chi connectivity index (χ1) is 15.1. The summed E-state index contributed by atoms with van der Waals surface area (Å²) >= 11 is 0. The quantitative estimate of drug-likeness (QED) is 0.590. The Morgan fingerprint density at radius 3 is 2.81 bits per heavy atom. The monoisotopic (exact) mass is 430 g/mol. The first-order valence-electron chi connectivity index (χ1n) is 10.9. The van der Waals surface area contributed by atoms with Crippen molar-refractivity contribution in [3.05, 3.63) is 23.5 Å². The fourth-order valence-corrected chi connectivity index (χ4v) is 4.01. The molecule has 0 aromatic carbocycles. The highest BCUT2D eigenvalue weighted by molar-refractivity contribution is 5.73. The zero-order valence-electron chi connectivity index (χ0n) is 18.4. The standard InChI is InChI=1S/C22H30N4O5/c1-14-19(30-12-15-7-8-16(15)22(27)28-3)10-9-17(23-14)21-18(26(2)25-24-21)13-31-20-6-4-5-11-29-20/h9-10,15-16,20H,4-8,11-13H2,1-3H3/t15-,16+,20?/m0/s1. The topological polar surface area (TPSA) is 97.6 Å². The minimum atomic E-state index is -0.178. The lowest BCUT2D eigenvalue weighted by Gasteiger charge is -2.34. The molecule has 9 nitrogen and oxygen atoms in total. The summed E-state index contributed by atoms with van der Waals surface area (Å²) < 4.78 is 24.1. The van der Waals surface area contributed by atoms with Gasteiger partial charge in [0.2, 0.25) is 0 Å². The molecule has 0 spiro atoms. The molecule has 1 aliphatic heterocycles. The molecule has 0 amide bonds. The Kier molecular flexibility index (Phi) is 6.82. The summed E-state index contributed by atoms with van der Waals surface area (Å²) in [6, 6.07) is 3.78. The molecular formula is C22H30N4O5. The van der Waals surface area contributed by atoms with Gasteiger partial charge in [0.05, 0.1) is 43.3 Å². The van der Waals surface area contributed by atoms with E-state index < -0.39 is 0 Å². The third kappa shape index (κ3) is 4.88. The lowest BCUT2D eigenvalue weighted by Crippen LogP contribution is -2.37. The molecule has 1 saturated carbocycles. The zero-order chi connectivity index (χ0) is 21.8. The molecule has 3 heterocycles. The van der Waals surface area contributed by atoms with Crippen LogP contribution in [0.15, 0.2) is 12.1 Å². The SMILES string of the molecule is COC(=O)[C@@H]1CC[C@H]1COc1ccc(-c2nnn(C)c2COC2CCCCO2)nc1C. The maximum absolute atomic E-state index is 11.7. The molecular weight excluding hydrogens is 400 g/mol. The largest absolute Gasteiger partial charge is 0.491 e. The molecule has 3 atom stereocenters. The molecule has 2 aromatic heterocycles. The second-order valence-electron chi connectivity index (χ2n) is 8.17. The Morgan fingerprint density at radius 2 is 2.13 bits per heavy atom. The summed E-state index contributed by atoms with van der Waals surface area (Å²) in [5.74, 6) is 0.683. The fourth-order valence-electron chi connectivity index (χ4n) is 4.01. The molecule has 1 unspecified atom stereocenters. The van der Waals surface area contributed by atoms with Crippen LogP contribution in [0.4, 0.5) is 0 Å². The number of hydrogen-bond acceptors (Lipinski definition) is 8. The van der Waals surface area contributed by atoms with Crippen LogP contribution in [0.1, 0.15) is 43.5 Å². The number of ether oxygens (including phenoxy) is 4. The number of rotatable bonds is 8. The summed E-state index contributed by atoms with van der Waals surface area (Å²) in [6.45, 7) is 3.48. The molecule has 0 N–H and O–H groups in total. The van der Waals surface area contributed by atoms with Crippen molar-refractivity contribution in [2.45, 2.75) is 51.9 Å². The van der Waals surface area contributed by atoms with Gasteiger partial charge < -0.3 is 18.9 Å². The van der Waals surface area contributed by atoms with Gasteiger partial charge >= 0.3 is 5.97 Å². The van der Waals surface area contributed by atoms with E-state index in [-0.39, 0.29) is 24.1 Å². The Balaban J connectivity index is 1.40. The Hall–Kier alpha value is -2.52. The normalized spacial score (nSPS) is 23.3. The van der Waals surface area contributed by atoms with Gasteiger partial charge in [0.1, 0.15) is 11.4 Å². The molecule has 2 aromatic rings. The maximum atomic E-state index is 11.7. The lowest BCUT2D eigenvalue weighted by atomic mass is 9.74. The van der Waals surface area contributed by atoms with Crippen molar-refractivity contribution in [1.29, 1.82) is 0 Å². The highest BCUT2D eigenvalue weighted by atomic mass is 16.7. The number of aromatic nitrogens is 4. The average Bonchev–Trinajstić information content (AvgIpc) is 3.13. The molecule has 1 aliphatic carbocycles. The van der Waals surface area contributed by atoms with Crippen LogP contribution in [0.2, 0.25) is 0 Å². The van der Waals surface area contributed by atoms with Crippen molar-refractivity contribution >= 4 is 5.97 Å². The second-order valence-corrected chi connectivity index (χ2v) is 8.17. The van der Waals surface area contributed by atoms with Crippen LogP contribution in [0.3, 0.4) is 0 Å². The smallest absolute Gasteiger partial charge is 0.309 e. The van der Waals surface area contributed by atoms with Gasteiger partial charge in [0.15, 0.2) is 6.29 Å². The van der Waals surface area contributed by atoms with Crippen LogP contribution in [-0.2, 0) is 32.7 Å². The van der Waals surface area contributed by atoms with Gasteiger partial charge in [-0.15, -0.1) is 5.10 Å². The van der Waals surface area contributed by atoms with E-state index in [1.165, 1.54) is 7.11 Å². The van der Waals surface area contributed by atoms with E-state index in [2.05, 4.69) is 15.3 Å². The van der Waals surface area contributed by atoms with Gasteiger partial charge in [0.25, 0.3) is 0 Å². The Labute approximate surface area is 182 Å². The predicted molar refractivity (Wildman–Crippen MR) is 111 cm³/mol. The van der Waals surface area contributed by atoms with Gasteiger partial charge in [-0.3, -0.25) is 4.79 Å². The Bertz CT molecular complexity index is 909. The highest BCUT2D eigenvalue weighted by Crippen LogP contribution is 2.36. The summed E-state index contributed by atoms with van der Waals surface area (Å²) in [6.07, 6.45) is 4.76. The van der Waals surface area contributed by atoms with Gasteiger partial charge in [-0.25, -0.2) is 9.67 Å². The fraction of sp³-hybridized carbons (Fsp3) is 0.636. The van der Waals surface area contributed by atoms with Crippen LogP contribution in [-0.4, -0.2) is 52.6 Å². The third-order valence-electron chi connectivity index (χ3n) is 6.14. The average molecular weight is 431 g/mol.